The molecule has 3 aromatic rings. The molecule has 0 saturated carbocycles. The van der Waals surface area contributed by atoms with Gasteiger partial charge >= 0.3 is 0 Å². The van der Waals surface area contributed by atoms with Crippen molar-refractivity contribution in [1.29, 1.82) is 0 Å². The number of nitrogen functional groups attached to an aromatic ring is 1. The number of rotatable bonds is 3. The highest BCUT2D eigenvalue weighted by molar-refractivity contribution is 6.05. The SMILES string of the molecule is Cc1ccc(-c2c(/C=C/C(N)=O)[nH]c3ncnc(N)c23)cc1. The number of carbonyl (C=O) groups excluding carboxylic acids is 1. The van der Waals surface area contributed by atoms with Gasteiger partial charge in [-0.2, -0.15) is 0 Å². The normalized spacial score (nSPS) is 11.3. The Morgan fingerprint density at radius 2 is 1.95 bits per heavy atom. The van der Waals surface area contributed by atoms with Crippen LogP contribution in [0.2, 0.25) is 0 Å². The summed E-state index contributed by atoms with van der Waals surface area (Å²) in [6, 6.07) is 8.00. The van der Waals surface area contributed by atoms with Gasteiger partial charge in [0, 0.05) is 17.3 Å². The van der Waals surface area contributed by atoms with Crippen LogP contribution in [0.1, 0.15) is 11.3 Å². The molecule has 110 valence electrons. The van der Waals surface area contributed by atoms with E-state index in [-0.39, 0.29) is 0 Å². The first-order chi connectivity index (χ1) is 10.6. The van der Waals surface area contributed by atoms with Gasteiger partial charge in [-0.05, 0) is 18.6 Å². The summed E-state index contributed by atoms with van der Waals surface area (Å²) in [5.74, 6) is -0.136. The first-order valence-corrected chi connectivity index (χ1v) is 6.73. The highest BCUT2D eigenvalue weighted by Crippen LogP contribution is 2.34. The second-order valence-corrected chi connectivity index (χ2v) is 5.00. The lowest BCUT2D eigenvalue weighted by atomic mass is 10.0. The van der Waals surface area contributed by atoms with Gasteiger partial charge in [0.15, 0.2) is 0 Å². The van der Waals surface area contributed by atoms with Gasteiger partial charge in [-0.1, -0.05) is 29.8 Å². The fourth-order valence-corrected chi connectivity index (χ4v) is 2.38. The van der Waals surface area contributed by atoms with E-state index in [9.17, 15) is 4.79 Å². The van der Waals surface area contributed by atoms with Gasteiger partial charge < -0.3 is 16.5 Å². The number of hydrogen-bond acceptors (Lipinski definition) is 4. The Morgan fingerprint density at radius 1 is 1.23 bits per heavy atom. The number of aromatic nitrogens is 3. The summed E-state index contributed by atoms with van der Waals surface area (Å²) in [7, 11) is 0. The molecule has 5 N–H and O–H groups in total. The van der Waals surface area contributed by atoms with E-state index in [0.717, 1.165) is 22.1 Å². The second kappa shape index (κ2) is 5.33. The Hall–Kier alpha value is -3.15. The van der Waals surface area contributed by atoms with E-state index in [0.29, 0.717) is 17.2 Å². The number of aromatic amines is 1. The minimum absolute atomic E-state index is 0.385. The fraction of sp³-hybridized carbons (Fsp3) is 0.0625. The van der Waals surface area contributed by atoms with Crippen molar-refractivity contribution in [2.45, 2.75) is 6.92 Å². The van der Waals surface area contributed by atoms with Crippen LogP contribution in [0, 0.1) is 6.92 Å². The molecule has 22 heavy (non-hydrogen) atoms. The van der Waals surface area contributed by atoms with Crippen LogP contribution in [0.15, 0.2) is 36.7 Å². The number of anilines is 1. The Labute approximate surface area is 126 Å². The van der Waals surface area contributed by atoms with E-state index < -0.39 is 5.91 Å². The second-order valence-electron chi connectivity index (χ2n) is 5.00. The van der Waals surface area contributed by atoms with Crippen molar-refractivity contribution in [3.63, 3.8) is 0 Å². The van der Waals surface area contributed by atoms with E-state index in [4.69, 9.17) is 11.5 Å². The smallest absolute Gasteiger partial charge is 0.241 e. The van der Waals surface area contributed by atoms with E-state index in [1.54, 1.807) is 6.08 Å². The maximum absolute atomic E-state index is 11.0. The van der Waals surface area contributed by atoms with Crippen molar-refractivity contribution < 1.29 is 4.79 Å². The zero-order valence-corrected chi connectivity index (χ0v) is 12.0. The number of primary amides is 1. The predicted molar refractivity (Wildman–Crippen MR) is 86.7 cm³/mol. The minimum Gasteiger partial charge on any atom is -0.383 e. The summed E-state index contributed by atoms with van der Waals surface area (Å²) in [6.07, 6.45) is 4.32. The van der Waals surface area contributed by atoms with Crippen molar-refractivity contribution in [2.75, 3.05) is 5.73 Å². The van der Waals surface area contributed by atoms with Crippen molar-refractivity contribution in [1.82, 2.24) is 15.0 Å². The van der Waals surface area contributed by atoms with Gasteiger partial charge in [-0.25, -0.2) is 9.97 Å². The third-order valence-electron chi connectivity index (χ3n) is 3.40. The number of fused-ring (bicyclic) bond motifs is 1. The van der Waals surface area contributed by atoms with E-state index in [1.807, 2.05) is 31.2 Å². The lowest BCUT2D eigenvalue weighted by Gasteiger charge is -2.04. The number of amides is 1. The van der Waals surface area contributed by atoms with Crippen LogP contribution in [-0.2, 0) is 4.79 Å². The van der Waals surface area contributed by atoms with Gasteiger partial charge in [0.2, 0.25) is 5.91 Å². The van der Waals surface area contributed by atoms with E-state index >= 15 is 0 Å². The summed E-state index contributed by atoms with van der Waals surface area (Å²) >= 11 is 0. The molecular formula is C16H15N5O. The third-order valence-corrected chi connectivity index (χ3v) is 3.40. The number of aryl methyl sites for hydroxylation is 1. The Morgan fingerprint density at radius 3 is 2.64 bits per heavy atom. The average Bonchev–Trinajstić information content (AvgIpc) is 2.86. The van der Waals surface area contributed by atoms with Crippen LogP contribution in [0.4, 0.5) is 5.82 Å². The van der Waals surface area contributed by atoms with Crippen molar-refractivity contribution in [2.24, 2.45) is 5.73 Å². The molecule has 2 aromatic heterocycles. The number of hydrogen-bond donors (Lipinski definition) is 3. The highest BCUT2D eigenvalue weighted by atomic mass is 16.1. The first kappa shape index (κ1) is 13.8. The van der Waals surface area contributed by atoms with Crippen LogP contribution in [0.25, 0.3) is 28.2 Å². The molecule has 0 saturated heterocycles. The average molecular weight is 293 g/mol. The molecule has 0 bridgehead atoms. The largest absolute Gasteiger partial charge is 0.383 e. The molecule has 2 heterocycles. The van der Waals surface area contributed by atoms with Crippen LogP contribution >= 0.6 is 0 Å². The van der Waals surface area contributed by atoms with Gasteiger partial charge in [0.1, 0.15) is 17.8 Å². The molecule has 1 aromatic carbocycles. The molecule has 0 spiro atoms. The lowest BCUT2D eigenvalue weighted by molar-refractivity contribution is -0.113. The van der Waals surface area contributed by atoms with Gasteiger partial charge in [0.05, 0.1) is 5.39 Å². The fourth-order valence-electron chi connectivity index (χ4n) is 2.38. The van der Waals surface area contributed by atoms with Gasteiger partial charge in [-0.15, -0.1) is 0 Å². The van der Waals surface area contributed by atoms with E-state index in [2.05, 4.69) is 15.0 Å². The number of carbonyl (C=O) groups is 1. The number of H-pyrrole nitrogens is 1. The third kappa shape index (κ3) is 2.42. The quantitative estimate of drug-likeness (QED) is 0.641. The Kier molecular flexibility index (Phi) is 3.34. The zero-order chi connectivity index (χ0) is 15.7. The van der Waals surface area contributed by atoms with Crippen LogP contribution in [-0.4, -0.2) is 20.9 Å². The molecule has 0 aliphatic heterocycles. The number of benzene rings is 1. The molecule has 0 fully saturated rings. The molecule has 3 rings (SSSR count). The molecule has 0 aliphatic rings. The highest BCUT2D eigenvalue weighted by Gasteiger charge is 2.15. The first-order valence-electron chi connectivity index (χ1n) is 6.73. The molecule has 6 heteroatoms. The topological polar surface area (TPSA) is 111 Å². The zero-order valence-electron chi connectivity index (χ0n) is 12.0. The lowest BCUT2D eigenvalue weighted by Crippen LogP contribution is -2.05. The standard InChI is InChI=1S/C16H15N5O/c1-9-2-4-10(5-3-9)13-11(6-7-12(17)22)21-16-14(13)15(18)19-8-20-16/h2-8H,1H3,(H2,17,22)(H3,18,19,20,21)/b7-6+. The Bertz CT molecular complexity index is 877. The van der Waals surface area contributed by atoms with Crippen molar-refractivity contribution >= 4 is 28.8 Å². The molecule has 0 aliphatic carbocycles. The summed E-state index contributed by atoms with van der Waals surface area (Å²) < 4.78 is 0. The monoisotopic (exact) mass is 293 g/mol. The van der Waals surface area contributed by atoms with E-state index in [1.165, 1.54) is 12.4 Å². The van der Waals surface area contributed by atoms with Crippen molar-refractivity contribution in [3.05, 3.63) is 47.9 Å². The van der Waals surface area contributed by atoms with Crippen LogP contribution < -0.4 is 11.5 Å². The van der Waals surface area contributed by atoms with Crippen LogP contribution in [0.3, 0.4) is 0 Å². The summed E-state index contributed by atoms with van der Waals surface area (Å²) in [5, 5.41) is 0.732. The molecule has 6 nitrogen and oxygen atoms in total. The maximum atomic E-state index is 11.0. The van der Waals surface area contributed by atoms with Crippen LogP contribution in [0.5, 0.6) is 0 Å². The Balaban J connectivity index is 2.30. The molecule has 1 amide bonds. The number of nitrogens with one attached hydrogen (secondary N) is 1. The molecular weight excluding hydrogens is 278 g/mol. The van der Waals surface area contributed by atoms with Gasteiger partial charge in [0.25, 0.3) is 0 Å². The van der Waals surface area contributed by atoms with Gasteiger partial charge in [-0.3, -0.25) is 4.79 Å². The van der Waals surface area contributed by atoms with Crippen molar-refractivity contribution in [3.8, 4) is 11.1 Å². The molecule has 0 radical (unpaired) electrons. The number of nitrogens with two attached hydrogens (primary N) is 2. The minimum atomic E-state index is -0.521. The predicted octanol–water partition coefficient (Wildman–Crippen LogP) is 2.01. The molecule has 0 atom stereocenters. The number of nitrogens with zero attached hydrogens (tertiary/aromatic N) is 2. The molecule has 0 unspecified atom stereocenters. The summed E-state index contributed by atoms with van der Waals surface area (Å²) in [6.45, 7) is 2.02. The maximum Gasteiger partial charge on any atom is 0.241 e. The summed E-state index contributed by atoms with van der Waals surface area (Å²) in [5.41, 5.74) is 15.5. The summed E-state index contributed by atoms with van der Waals surface area (Å²) in [4.78, 5) is 22.4.